The van der Waals surface area contributed by atoms with Crippen molar-refractivity contribution in [2.45, 2.75) is 25.8 Å². The summed E-state index contributed by atoms with van der Waals surface area (Å²) in [5, 5.41) is 3.40. The second-order valence-electron chi connectivity index (χ2n) is 3.67. The van der Waals surface area contributed by atoms with Gasteiger partial charge in [-0.25, -0.2) is 0 Å². The normalized spacial score (nSPS) is 15.2. The Kier molecular flexibility index (Phi) is 2.37. The van der Waals surface area contributed by atoms with Crippen LogP contribution in [0.3, 0.4) is 0 Å². The van der Waals surface area contributed by atoms with Crippen molar-refractivity contribution in [2.24, 2.45) is 5.73 Å². The molecule has 0 atom stereocenters. The number of nitrogens with zero attached hydrogens (tertiary/aromatic N) is 1. The highest BCUT2D eigenvalue weighted by atomic mass is 32.1. The molecule has 74 valence electrons. The highest BCUT2D eigenvalue weighted by Gasteiger charge is 2.21. The van der Waals surface area contributed by atoms with Gasteiger partial charge in [-0.05, 0) is 31.9 Å². The van der Waals surface area contributed by atoms with Crippen molar-refractivity contribution < 1.29 is 0 Å². The summed E-state index contributed by atoms with van der Waals surface area (Å²) in [4.78, 5) is 4.61. The van der Waals surface area contributed by atoms with E-state index in [1.165, 1.54) is 12.8 Å². The molecule has 1 aliphatic rings. The van der Waals surface area contributed by atoms with E-state index >= 15 is 0 Å². The second kappa shape index (κ2) is 3.53. The predicted molar refractivity (Wildman–Crippen MR) is 61.5 cm³/mol. The van der Waals surface area contributed by atoms with Gasteiger partial charge >= 0.3 is 0 Å². The van der Waals surface area contributed by atoms with E-state index in [1.807, 2.05) is 19.1 Å². The average molecular weight is 207 g/mol. The van der Waals surface area contributed by atoms with E-state index in [0.717, 1.165) is 11.4 Å². The molecule has 1 saturated carbocycles. The molecule has 1 aromatic heterocycles. The van der Waals surface area contributed by atoms with Crippen molar-refractivity contribution in [3.8, 4) is 0 Å². The summed E-state index contributed by atoms with van der Waals surface area (Å²) >= 11 is 4.90. The first-order valence-electron chi connectivity index (χ1n) is 4.70. The molecule has 3 nitrogen and oxygen atoms in total. The smallest absolute Gasteiger partial charge is 0.122 e. The van der Waals surface area contributed by atoms with E-state index in [-0.39, 0.29) is 0 Å². The van der Waals surface area contributed by atoms with Gasteiger partial charge in [-0.1, -0.05) is 12.2 Å². The molecule has 0 radical (unpaired) electrons. The van der Waals surface area contributed by atoms with Gasteiger partial charge in [0.2, 0.25) is 0 Å². The van der Waals surface area contributed by atoms with Gasteiger partial charge in [-0.15, -0.1) is 0 Å². The van der Waals surface area contributed by atoms with Crippen molar-refractivity contribution in [1.29, 1.82) is 0 Å². The van der Waals surface area contributed by atoms with Gasteiger partial charge in [0, 0.05) is 17.4 Å². The minimum atomic E-state index is 0.354. The number of anilines is 1. The number of hydrogen-bond donors (Lipinski definition) is 2. The van der Waals surface area contributed by atoms with Crippen LogP contribution >= 0.6 is 12.2 Å². The van der Waals surface area contributed by atoms with Gasteiger partial charge in [0.15, 0.2) is 0 Å². The average Bonchev–Trinajstić information content (AvgIpc) is 2.87. The molecule has 1 heterocycles. The summed E-state index contributed by atoms with van der Waals surface area (Å²) in [5.74, 6) is 0. The van der Waals surface area contributed by atoms with E-state index in [2.05, 4.69) is 10.3 Å². The molecule has 0 aliphatic heterocycles. The Morgan fingerprint density at radius 3 is 2.86 bits per heavy atom. The molecule has 0 saturated heterocycles. The number of nitrogens with two attached hydrogens (primary N) is 1. The van der Waals surface area contributed by atoms with Gasteiger partial charge in [-0.2, -0.15) is 0 Å². The maximum atomic E-state index is 5.54. The number of rotatable bonds is 3. The first kappa shape index (κ1) is 9.40. The molecule has 0 bridgehead atoms. The van der Waals surface area contributed by atoms with Crippen molar-refractivity contribution >= 4 is 22.9 Å². The molecule has 0 aromatic carbocycles. The van der Waals surface area contributed by atoms with Crippen LogP contribution < -0.4 is 11.1 Å². The number of nitrogens with one attached hydrogen (secondary N) is 1. The van der Waals surface area contributed by atoms with Crippen LogP contribution in [0.1, 0.15) is 24.2 Å². The minimum Gasteiger partial charge on any atom is -0.388 e. The van der Waals surface area contributed by atoms with Gasteiger partial charge in [0.25, 0.3) is 0 Å². The van der Waals surface area contributed by atoms with Crippen LogP contribution in [0, 0.1) is 6.92 Å². The number of pyridine rings is 1. The Morgan fingerprint density at radius 2 is 2.29 bits per heavy atom. The zero-order chi connectivity index (χ0) is 10.1. The van der Waals surface area contributed by atoms with Gasteiger partial charge in [0.1, 0.15) is 4.99 Å². The number of aryl methyl sites for hydroxylation is 1. The van der Waals surface area contributed by atoms with Crippen LogP contribution in [0.2, 0.25) is 0 Å². The van der Waals surface area contributed by atoms with E-state index in [4.69, 9.17) is 18.0 Å². The van der Waals surface area contributed by atoms with E-state index in [0.29, 0.717) is 16.7 Å². The molecule has 4 heteroatoms. The molecule has 0 amide bonds. The summed E-state index contributed by atoms with van der Waals surface area (Å²) in [6.45, 7) is 1.94. The van der Waals surface area contributed by atoms with Crippen LogP contribution in [0.4, 0.5) is 5.69 Å². The Balaban J connectivity index is 2.25. The number of thiocarbonyl (C=S) groups is 1. The zero-order valence-electron chi connectivity index (χ0n) is 8.08. The molecular formula is C10H13N3S. The Morgan fingerprint density at radius 1 is 1.57 bits per heavy atom. The van der Waals surface area contributed by atoms with Crippen LogP contribution in [0.15, 0.2) is 12.1 Å². The van der Waals surface area contributed by atoms with E-state index < -0.39 is 0 Å². The Hall–Kier alpha value is -1.16. The quantitative estimate of drug-likeness (QED) is 0.739. The zero-order valence-corrected chi connectivity index (χ0v) is 8.90. The molecular weight excluding hydrogens is 194 g/mol. The molecule has 14 heavy (non-hydrogen) atoms. The molecule has 1 fully saturated rings. The Bertz CT molecular complexity index is 372. The standard InChI is InChI=1S/C10H13N3S/c1-6-4-8(13-7-2-3-7)5-9(12-6)10(11)14/h4-5,7H,2-3H2,1H3,(H2,11,14)(H,12,13). The lowest BCUT2D eigenvalue weighted by atomic mass is 10.2. The maximum Gasteiger partial charge on any atom is 0.122 e. The Labute approximate surface area is 88.7 Å². The number of hydrogen-bond acceptors (Lipinski definition) is 3. The number of aromatic nitrogens is 1. The largest absolute Gasteiger partial charge is 0.388 e. The fourth-order valence-electron chi connectivity index (χ4n) is 1.34. The first-order chi connectivity index (χ1) is 6.65. The van der Waals surface area contributed by atoms with Gasteiger partial charge < -0.3 is 11.1 Å². The lowest BCUT2D eigenvalue weighted by molar-refractivity contribution is 1.12. The van der Waals surface area contributed by atoms with E-state index in [1.54, 1.807) is 0 Å². The maximum absolute atomic E-state index is 5.54. The molecule has 0 spiro atoms. The van der Waals surface area contributed by atoms with Crippen LogP contribution in [0.5, 0.6) is 0 Å². The molecule has 0 unspecified atom stereocenters. The summed E-state index contributed by atoms with van der Waals surface area (Å²) in [6.07, 6.45) is 2.51. The molecule has 2 rings (SSSR count). The fourth-order valence-corrected chi connectivity index (χ4v) is 1.45. The van der Waals surface area contributed by atoms with Crippen molar-refractivity contribution in [1.82, 2.24) is 4.98 Å². The molecule has 1 aliphatic carbocycles. The predicted octanol–water partition coefficient (Wildman–Crippen LogP) is 1.60. The minimum absolute atomic E-state index is 0.354. The van der Waals surface area contributed by atoms with Crippen molar-refractivity contribution in [3.63, 3.8) is 0 Å². The van der Waals surface area contributed by atoms with Crippen LogP contribution in [-0.4, -0.2) is 16.0 Å². The second-order valence-corrected chi connectivity index (χ2v) is 4.11. The fraction of sp³-hybridized carbons (Fsp3) is 0.400. The van der Waals surface area contributed by atoms with E-state index in [9.17, 15) is 0 Å². The third kappa shape index (κ3) is 2.20. The summed E-state index contributed by atoms with van der Waals surface area (Å²) in [5.41, 5.74) is 8.25. The topological polar surface area (TPSA) is 50.9 Å². The third-order valence-corrected chi connectivity index (χ3v) is 2.36. The van der Waals surface area contributed by atoms with Crippen LogP contribution in [0.25, 0.3) is 0 Å². The van der Waals surface area contributed by atoms with Gasteiger partial charge in [0.05, 0.1) is 5.69 Å². The monoisotopic (exact) mass is 207 g/mol. The van der Waals surface area contributed by atoms with Crippen molar-refractivity contribution in [2.75, 3.05) is 5.32 Å². The SMILES string of the molecule is Cc1cc(NC2CC2)cc(C(N)=S)n1. The molecule has 1 aromatic rings. The first-order valence-corrected chi connectivity index (χ1v) is 5.11. The summed E-state index contributed by atoms with van der Waals surface area (Å²) < 4.78 is 0. The summed E-state index contributed by atoms with van der Waals surface area (Å²) in [6, 6.07) is 4.56. The third-order valence-electron chi connectivity index (χ3n) is 2.15. The lowest BCUT2D eigenvalue weighted by Crippen LogP contribution is -2.13. The van der Waals surface area contributed by atoms with Crippen LogP contribution in [-0.2, 0) is 0 Å². The summed E-state index contributed by atoms with van der Waals surface area (Å²) in [7, 11) is 0. The van der Waals surface area contributed by atoms with Crippen molar-refractivity contribution in [3.05, 3.63) is 23.5 Å². The lowest BCUT2D eigenvalue weighted by Gasteiger charge is -2.07. The highest BCUT2D eigenvalue weighted by molar-refractivity contribution is 7.80. The van der Waals surface area contributed by atoms with Gasteiger partial charge in [-0.3, -0.25) is 4.98 Å². The molecule has 3 N–H and O–H groups in total. The highest BCUT2D eigenvalue weighted by Crippen LogP contribution is 2.25.